The number of nitrogens with zero attached hydrogens (tertiary/aromatic N) is 3. The number of piperazine rings is 1. The molecule has 2 heterocycles. The lowest BCUT2D eigenvalue weighted by molar-refractivity contribution is -0.139. The second-order valence-electron chi connectivity index (χ2n) is 6.16. The molecule has 1 N–H and O–H groups in total. The van der Waals surface area contributed by atoms with Gasteiger partial charge in [-0.1, -0.05) is 0 Å². The van der Waals surface area contributed by atoms with E-state index < -0.39 is 0 Å². The summed E-state index contributed by atoms with van der Waals surface area (Å²) in [5, 5.41) is 3.23. The number of piperidine rings is 1. The molecule has 0 saturated carbocycles. The predicted octanol–water partition coefficient (Wildman–Crippen LogP) is -0.391. The standard InChI is InChI=1S/C15H28N4O2/c1-13(20)18-7-9-19(10-8-18)15(21)12-17-5-3-14(4-6-17)11-16-2/h14,16H,3-12H2,1-2H3. The fourth-order valence-electron chi connectivity index (χ4n) is 3.20. The minimum atomic E-state index is 0.105. The summed E-state index contributed by atoms with van der Waals surface area (Å²) in [6.07, 6.45) is 2.35. The van der Waals surface area contributed by atoms with Crippen molar-refractivity contribution in [2.45, 2.75) is 19.8 Å². The van der Waals surface area contributed by atoms with Gasteiger partial charge in [-0.15, -0.1) is 0 Å². The second kappa shape index (κ2) is 7.75. The molecular formula is C15H28N4O2. The van der Waals surface area contributed by atoms with Crippen LogP contribution in [-0.4, -0.2) is 85.9 Å². The maximum atomic E-state index is 12.3. The molecule has 0 aliphatic carbocycles. The summed E-state index contributed by atoms with van der Waals surface area (Å²) < 4.78 is 0. The monoisotopic (exact) mass is 296 g/mol. The Balaban J connectivity index is 1.70. The SMILES string of the molecule is CNCC1CCN(CC(=O)N2CCN(C(C)=O)CC2)CC1. The van der Waals surface area contributed by atoms with Crippen LogP contribution in [0.25, 0.3) is 0 Å². The van der Waals surface area contributed by atoms with Gasteiger partial charge in [-0.05, 0) is 45.4 Å². The number of carbonyl (C=O) groups is 2. The number of nitrogens with one attached hydrogen (secondary N) is 1. The predicted molar refractivity (Wildman–Crippen MR) is 81.9 cm³/mol. The lowest BCUT2D eigenvalue weighted by Crippen LogP contribution is -2.52. The third-order valence-electron chi connectivity index (χ3n) is 4.64. The number of rotatable bonds is 4. The first kappa shape index (κ1) is 16.2. The largest absolute Gasteiger partial charge is 0.339 e. The van der Waals surface area contributed by atoms with Crippen molar-refractivity contribution in [3.05, 3.63) is 0 Å². The molecule has 6 heteroatoms. The Bertz CT molecular complexity index is 359. The van der Waals surface area contributed by atoms with E-state index in [1.807, 2.05) is 16.8 Å². The smallest absolute Gasteiger partial charge is 0.236 e. The highest BCUT2D eigenvalue weighted by atomic mass is 16.2. The van der Waals surface area contributed by atoms with Crippen LogP contribution >= 0.6 is 0 Å². The summed E-state index contributed by atoms with van der Waals surface area (Å²) in [5.74, 6) is 1.07. The van der Waals surface area contributed by atoms with E-state index in [1.165, 1.54) is 12.8 Å². The highest BCUT2D eigenvalue weighted by Gasteiger charge is 2.25. The van der Waals surface area contributed by atoms with E-state index in [0.29, 0.717) is 32.7 Å². The van der Waals surface area contributed by atoms with Gasteiger partial charge in [0.1, 0.15) is 0 Å². The zero-order valence-electron chi connectivity index (χ0n) is 13.3. The minimum absolute atomic E-state index is 0.105. The Morgan fingerprint density at radius 3 is 2.10 bits per heavy atom. The van der Waals surface area contributed by atoms with Gasteiger partial charge >= 0.3 is 0 Å². The Labute approximate surface area is 127 Å². The third-order valence-corrected chi connectivity index (χ3v) is 4.64. The molecule has 2 rings (SSSR count). The molecule has 0 aromatic carbocycles. The first-order chi connectivity index (χ1) is 10.1. The van der Waals surface area contributed by atoms with Crippen molar-refractivity contribution in [3.8, 4) is 0 Å². The quantitative estimate of drug-likeness (QED) is 0.768. The molecule has 0 atom stereocenters. The van der Waals surface area contributed by atoms with Crippen LogP contribution in [0.1, 0.15) is 19.8 Å². The van der Waals surface area contributed by atoms with E-state index in [2.05, 4.69) is 10.2 Å². The third kappa shape index (κ3) is 4.68. The van der Waals surface area contributed by atoms with E-state index in [1.54, 1.807) is 6.92 Å². The van der Waals surface area contributed by atoms with Crippen LogP contribution in [0.5, 0.6) is 0 Å². The average molecular weight is 296 g/mol. The highest BCUT2D eigenvalue weighted by molar-refractivity contribution is 5.79. The average Bonchev–Trinajstić information content (AvgIpc) is 2.49. The summed E-state index contributed by atoms with van der Waals surface area (Å²) in [6.45, 7) is 7.94. The van der Waals surface area contributed by atoms with Crippen molar-refractivity contribution in [1.82, 2.24) is 20.0 Å². The van der Waals surface area contributed by atoms with E-state index in [4.69, 9.17) is 0 Å². The van der Waals surface area contributed by atoms with Gasteiger partial charge in [-0.25, -0.2) is 0 Å². The summed E-state index contributed by atoms with van der Waals surface area (Å²) >= 11 is 0. The fourth-order valence-corrected chi connectivity index (χ4v) is 3.20. The molecule has 0 aromatic rings. The van der Waals surface area contributed by atoms with Gasteiger partial charge in [0.25, 0.3) is 0 Å². The van der Waals surface area contributed by atoms with Crippen LogP contribution in [0.3, 0.4) is 0 Å². The highest BCUT2D eigenvalue weighted by Crippen LogP contribution is 2.16. The molecule has 0 bridgehead atoms. The van der Waals surface area contributed by atoms with Crippen LogP contribution in [-0.2, 0) is 9.59 Å². The summed E-state index contributed by atoms with van der Waals surface area (Å²) in [7, 11) is 2.00. The van der Waals surface area contributed by atoms with Crippen molar-refractivity contribution >= 4 is 11.8 Å². The zero-order valence-corrected chi connectivity index (χ0v) is 13.3. The molecule has 2 aliphatic heterocycles. The molecule has 0 radical (unpaired) electrons. The van der Waals surface area contributed by atoms with E-state index >= 15 is 0 Å². The number of hydrogen-bond donors (Lipinski definition) is 1. The number of amides is 2. The van der Waals surface area contributed by atoms with Gasteiger partial charge in [0, 0.05) is 33.1 Å². The van der Waals surface area contributed by atoms with Gasteiger partial charge in [-0.2, -0.15) is 0 Å². The molecule has 2 amide bonds. The van der Waals surface area contributed by atoms with Crippen LogP contribution < -0.4 is 5.32 Å². The molecule has 0 unspecified atom stereocenters. The van der Waals surface area contributed by atoms with E-state index in [-0.39, 0.29) is 11.8 Å². The van der Waals surface area contributed by atoms with Crippen molar-refractivity contribution in [3.63, 3.8) is 0 Å². The van der Waals surface area contributed by atoms with Gasteiger partial charge in [-0.3, -0.25) is 14.5 Å². The van der Waals surface area contributed by atoms with E-state index in [9.17, 15) is 9.59 Å². The summed E-state index contributed by atoms with van der Waals surface area (Å²) in [5.41, 5.74) is 0. The van der Waals surface area contributed by atoms with Crippen LogP contribution in [0, 0.1) is 5.92 Å². The normalized spacial score (nSPS) is 21.6. The van der Waals surface area contributed by atoms with Crippen LogP contribution in [0.4, 0.5) is 0 Å². The number of hydrogen-bond acceptors (Lipinski definition) is 4. The van der Waals surface area contributed by atoms with Crippen molar-refractivity contribution in [2.75, 3.05) is 59.4 Å². The molecule has 2 saturated heterocycles. The maximum Gasteiger partial charge on any atom is 0.236 e. The number of likely N-dealkylation sites (tertiary alicyclic amines) is 1. The Hall–Kier alpha value is -1.14. The fraction of sp³-hybridized carbons (Fsp3) is 0.867. The lowest BCUT2D eigenvalue weighted by Gasteiger charge is -2.36. The Morgan fingerprint density at radius 2 is 1.57 bits per heavy atom. The molecule has 2 aliphatic rings. The van der Waals surface area contributed by atoms with Crippen molar-refractivity contribution < 1.29 is 9.59 Å². The topological polar surface area (TPSA) is 55.9 Å². The van der Waals surface area contributed by atoms with Crippen LogP contribution in [0.15, 0.2) is 0 Å². The Kier molecular flexibility index (Phi) is 5.99. The van der Waals surface area contributed by atoms with Crippen LogP contribution in [0.2, 0.25) is 0 Å². The van der Waals surface area contributed by atoms with E-state index in [0.717, 1.165) is 25.6 Å². The molecule has 120 valence electrons. The summed E-state index contributed by atoms with van der Waals surface area (Å²) in [4.78, 5) is 29.6. The van der Waals surface area contributed by atoms with Crippen molar-refractivity contribution in [2.24, 2.45) is 5.92 Å². The lowest BCUT2D eigenvalue weighted by atomic mass is 9.97. The molecule has 2 fully saturated rings. The van der Waals surface area contributed by atoms with Gasteiger partial charge in [0.15, 0.2) is 0 Å². The first-order valence-electron chi connectivity index (χ1n) is 8.00. The second-order valence-corrected chi connectivity index (χ2v) is 6.16. The molecular weight excluding hydrogens is 268 g/mol. The minimum Gasteiger partial charge on any atom is -0.339 e. The van der Waals surface area contributed by atoms with Gasteiger partial charge in [0.2, 0.25) is 11.8 Å². The summed E-state index contributed by atoms with van der Waals surface area (Å²) in [6, 6.07) is 0. The molecule has 0 spiro atoms. The van der Waals surface area contributed by atoms with Gasteiger partial charge in [0.05, 0.1) is 6.54 Å². The maximum absolute atomic E-state index is 12.3. The molecule has 6 nitrogen and oxygen atoms in total. The van der Waals surface area contributed by atoms with Gasteiger partial charge < -0.3 is 15.1 Å². The first-order valence-corrected chi connectivity index (χ1v) is 8.00. The molecule has 0 aromatic heterocycles. The zero-order chi connectivity index (χ0) is 15.2. The van der Waals surface area contributed by atoms with Crippen molar-refractivity contribution in [1.29, 1.82) is 0 Å². The Morgan fingerprint density at radius 1 is 1.00 bits per heavy atom. The number of carbonyl (C=O) groups excluding carboxylic acids is 2. The molecule has 21 heavy (non-hydrogen) atoms.